The van der Waals surface area contributed by atoms with E-state index in [0.29, 0.717) is 13.2 Å². The third-order valence-corrected chi connectivity index (χ3v) is 3.01. The Labute approximate surface area is 122 Å². The van der Waals surface area contributed by atoms with Crippen LogP contribution >= 0.6 is 0 Å². The number of nitrogens with one attached hydrogen (secondary N) is 2. The van der Waals surface area contributed by atoms with Gasteiger partial charge in [0.25, 0.3) is 0 Å². The van der Waals surface area contributed by atoms with Crippen molar-refractivity contribution in [3.8, 4) is 0 Å². The maximum atomic E-state index is 11.3. The Bertz CT molecular complexity index is 258. The third-order valence-electron chi connectivity index (χ3n) is 3.01. The van der Waals surface area contributed by atoms with E-state index in [-0.39, 0.29) is 12.6 Å². The first-order valence-corrected chi connectivity index (χ1v) is 7.88. The zero-order valence-corrected chi connectivity index (χ0v) is 13.0. The average molecular weight is 286 g/mol. The minimum absolute atomic E-state index is 0.0723. The van der Waals surface area contributed by atoms with Crippen LogP contribution in [-0.4, -0.2) is 31.7 Å². The van der Waals surface area contributed by atoms with Crippen LogP contribution in [0, 0.1) is 0 Å². The van der Waals surface area contributed by atoms with Gasteiger partial charge in [-0.15, -0.1) is 0 Å². The van der Waals surface area contributed by atoms with Crippen molar-refractivity contribution < 1.29 is 14.3 Å². The summed E-state index contributed by atoms with van der Waals surface area (Å²) in [7, 11) is 0. The van der Waals surface area contributed by atoms with Crippen molar-refractivity contribution in [2.45, 2.75) is 65.2 Å². The molecule has 0 aliphatic heterocycles. The van der Waals surface area contributed by atoms with E-state index in [1.165, 1.54) is 38.5 Å². The molecule has 0 aliphatic carbocycles. The minimum Gasteiger partial charge on any atom is -0.465 e. The average Bonchev–Trinajstić information content (AvgIpc) is 2.43. The lowest BCUT2D eigenvalue weighted by atomic mass is 10.1. The molecule has 0 spiro atoms. The highest BCUT2D eigenvalue weighted by Crippen LogP contribution is 2.07. The summed E-state index contributed by atoms with van der Waals surface area (Å²) in [5.74, 6) is -0.408. The van der Waals surface area contributed by atoms with Crippen LogP contribution in [0.15, 0.2) is 0 Å². The van der Waals surface area contributed by atoms with Crippen molar-refractivity contribution in [3.63, 3.8) is 0 Å². The van der Waals surface area contributed by atoms with Crippen molar-refractivity contribution in [1.82, 2.24) is 10.6 Å². The summed E-state index contributed by atoms with van der Waals surface area (Å²) in [6.45, 7) is 4.87. The Balaban J connectivity index is 3.25. The Kier molecular flexibility index (Phi) is 13.3. The van der Waals surface area contributed by atoms with Crippen LogP contribution in [0.2, 0.25) is 0 Å². The second-order valence-corrected chi connectivity index (χ2v) is 4.89. The molecule has 0 fully saturated rings. The quantitative estimate of drug-likeness (QED) is 0.428. The van der Waals surface area contributed by atoms with Crippen molar-refractivity contribution in [2.24, 2.45) is 0 Å². The molecule has 0 bridgehead atoms. The van der Waals surface area contributed by atoms with Crippen LogP contribution < -0.4 is 10.6 Å². The summed E-state index contributed by atoms with van der Waals surface area (Å²) in [6, 6.07) is -0.305. The van der Waals surface area contributed by atoms with E-state index in [1.807, 2.05) is 0 Å². The molecule has 0 rings (SSSR count). The number of hydrogen-bond donors (Lipinski definition) is 2. The van der Waals surface area contributed by atoms with Gasteiger partial charge in [-0.1, -0.05) is 51.9 Å². The first-order valence-electron chi connectivity index (χ1n) is 7.88. The molecule has 118 valence electrons. The van der Waals surface area contributed by atoms with Crippen molar-refractivity contribution in [3.05, 3.63) is 0 Å². The summed E-state index contributed by atoms with van der Waals surface area (Å²) in [6.07, 6.45) is 9.93. The predicted octanol–water partition coefficient (Wildman–Crippen LogP) is 2.99. The van der Waals surface area contributed by atoms with Crippen LogP contribution in [-0.2, 0) is 9.53 Å². The van der Waals surface area contributed by atoms with E-state index in [2.05, 4.69) is 17.6 Å². The van der Waals surface area contributed by atoms with Crippen LogP contribution in [0.5, 0.6) is 0 Å². The van der Waals surface area contributed by atoms with Gasteiger partial charge in [-0.2, -0.15) is 0 Å². The third kappa shape index (κ3) is 13.2. The van der Waals surface area contributed by atoms with E-state index in [9.17, 15) is 9.59 Å². The van der Waals surface area contributed by atoms with Gasteiger partial charge >= 0.3 is 12.0 Å². The number of unbranched alkanes of at least 4 members (excludes halogenated alkanes) is 7. The molecule has 0 atom stereocenters. The summed E-state index contributed by atoms with van der Waals surface area (Å²) in [4.78, 5) is 22.3. The molecule has 5 nitrogen and oxygen atoms in total. The summed E-state index contributed by atoms with van der Waals surface area (Å²) >= 11 is 0. The van der Waals surface area contributed by atoms with Gasteiger partial charge in [-0.3, -0.25) is 4.79 Å². The van der Waals surface area contributed by atoms with Crippen LogP contribution in [0.25, 0.3) is 0 Å². The highest BCUT2D eigenvalue weighted by Gasteiger charge is 2.04. The van der Waals surface area contributed by atoms with Crippen LogP contribution in [0.4, 0.5) is 4.79 Å². The van der Waals surface area contributed by atoms with Crippen molar-refractivity contribution in [2.75, 3.05) is 19.7 Å². The molecule has 5 heteroatoms. The Morgan fingerprint density at radius 1 is 0.850 bits per heavy atom. The lowest BCUT2D eigenvalue weighted by Crippen LogP contribution is -2.39. The zero-order chi connectivity index (χ0) is 15.1. The van der Waals surface area contributed by atoms with Crippen molar-refractivity contribution >= 4 is 12.0 Å². The van der Waals surface area contributed by atoms with Gasteiger partial charge in [0, 0.05) is 6.54 Å². The molecular weight excluding hydrogens is 256 g/mol. The van der Waals surface area contributed by atoms with Crippen LogP contribution in [0.1, 0.15) is 65.2 Å². The fourth-order valence-corrected chi connectivity index (χ4v) is 1.89. The Hall–Kier alpha value is -1.26. The van der Waals surface area contributed by atoms with Gasteiger partial charge in [0.1, 0.15) is 6.54 Å². The molecule has 0 aromatic carbocycles. The van der Waals surface area contributed by atoms with Gasteiger partial charge in [0.15, 0.2) is 0 Å². The van der Waals surface area contributed by atoms with Crippen LogP contribution in [0.3, 0.4) is 0 Å². The number of urea groups is 1. The number of amides is 2. The maximum Gasteiger partial charge on any atom is 0.325 e. The van der Waals surface area contributed by atoms with E-state index in [0.717, 1.165) is 12.8 Å². The number of ether oxygens (including phenoxy) is 1. The molecule has 2 N–H and O–H groups in total. The molecule has 2 amide bonds. The van der Waals surface area contributed by atoms with E-state index < -0.39 is 5.97 Å². The van der Waals surface area contributed by atoms with Gasteiger partial charge < -0.3 is 15.4 Å². The second kappa shape index (κ2) is 14.2. The molecule has 0 saturated heterocycles. The minimum atomic E-state index is -0.408. The Morgan fingerprint density at radius 3 is 2.05 bits per heavy atom. The fraction of sp³-hybridized carbons (Fsp3) is 0.867. The topological polar surface area (TPSA) is 67.4 Å². The van der Waals surface area contributed by atoms with E-state index in [1.54, 1.807) is 6.92 Å². The first-order chi connectivity index (χ1) is 9.70. The lowest BCUT2D eigenvalue weighted by Gasteiger charge is -2.07. The molecule has 20 heavy (non-hydrogen) atoms. The standard InChI is InChI=1S/C15H30N2O3/c1-3-5-6-7-8-9-10-11-12-16-15(19)17-13-14(18)20-4-2/h3-13H2,1-2H3,(H2,16,17,19). The summed E-state index contributed by atoms with van der Waals surface area (Å²) < 4.78 is 4.71. The van der Waals surface area contributed by atoms with Gasteiger partial charge in [-0.05, 0) is 13.3 Å². The molecule has 0 aromatic heterocycles. The number of hydrogen-bond acceptors (Lipinski definition) is 3. The number of rotatable bonds is 12. The first kappa shape index (κ1) is 18.7. The van der Waals surface area contributed by atoms with Crippen molar-refractivity contribution in [1.29, 1.82) is 0 Å². The Morgan fingerprint density at radius 2 is 1.45 bits per heavy atom. The van der Waals surface area contributed by atoms with Gasteiger partial charge in [0.05, 0.1) is 6.61 Å². The number of carbonyl (C=O) groups is 2. The van der Waals surface area contributed by atoms with E-state index in [4.69, 9.17) is 4.74 Å². The summed E-state index contributed by atoms with van der Waals surface area (Å²) in [5, 5.41) is 5.20. The molecule has 0 saturated carbocycles. The molecular formula is C15H30N2O3. The number of carbonyl (C=O) groups excluding carboxylic acids is 2. The lowest BCUT2D eigenvalue weighted by molar-refractivity contribution is -0.141. The second-order valence-electron chi connectivity index (χ2n) is 4.89. The SMILES string of the molecule is CCCCCCCCCCNC(=O)NCC(=O)OCC. The number of esters is 1. The largest absolute Gasteiger partial charge is 0.465 e. The predicted molar refractivity (Wildman–Crippen MR) is 80.6 cm³/mol. The highest BCUT2D eigenvalue weighted by atomic mass is 16.5. The molecule has 0 heterocycles. The fourth-order valence-electron chi connectivity index (χ4n) is 1.89. The van der Waals surface area contributed by atoms with Gasteiger partial charge in [0.2, 0.25) is 0 Å². The monoisotopic (exact) mass is 286 g/mol. The van der Waals surface area contributed by atoms with Gasteiger partial charge in [-0.25, -0.2) is 4.79 Å². The maximum absolute atomic E-state index is 11.3. The molecule has 0 unspecified atom stereocenters. The zero-order valence-electron chi connectivity index (χ0n) is 13.0. The van der Waals surface area contributed by atoms with E-state index >= 15 is 0 Å². The summed E-state index contributed by atoms with van der Waals surface area (Å²) in [5.41, 5.74) is 0. The highest BCUT2D eigenvalue weighted by molar-refractivity contribution is 5.80. The smallest absolute Gasteiger partial charge is 0.325 e. The molecule has 0 aromatic rings. The molecule has 0 radical (unpaired) electrons. The molecule has 0 aliphatic rings. The normalized spacial score (nSPS) is 10.1.